The molecule has 0 saturated carbocycles. The molecule has 0 spiro atoms. The van der Waals surface area contributed by atoms with Crippen LogP contribution in [0.1, 0.15) is 12.5 Å². The summed E-state index contributed by atoms with van der Waals surface area (Å²) in [5.41, 5.74) is 0.822. The fourth-order valence-corrected chi connectivity index (χ4v) is 2.85. The molecule has 6 heteroatoms. The summed E-state index contributed by atoms with van der Waals surface area (Å²) in [5, 5.41) is 8.87. The van der Waals surface area contributed by atoms with Crippen LogP contribution in [-0.4, -0.2) is 33.3 Å². The van der Waals surface area contributed by atoms with Gasteiger partial charge in [-0.1, -0.05) is 6.07 Å². The number of methoxy groups -OCH3 is 1. The Hall–Kier alpha value is -1.11. The molecule has 5 nitrogen and oxygen atoms in total. The Balaban J connectivity index is 3.18. The fraction of sp³-hybridized carbons (Fsp3) is 0.455. The third kappa shape index (κ3) is 3.42. The summed E-state index contributed by atoms with van der Waals surface area (Å²) >= 11 is 0. The van der Waals surface area contributed by atoms with E-state index in [4.69, 9.17) is 9.84 Å². The van der Waals surface area contributed by atoms with Crippen LogP contribution < -0.4 is 9.46 Å². The Morgan fingerprint density at radius 3 is 2.65 bits per heavy atom. The molecule has 2 N–H and O–H groups in total. The molecule has 1 aromatic carbocycles. The summed E-state index contributed by atoms with van der Waals surface area (Å²) in [6, 6.07) is 4.37. The van der Waals surface area contributed by atoms with E-state index in [2.05, 4.69) is 4.72 Å². The van der Waals surface area contributed by atoms with Crippen LogP contribution in [-0.2, 0) is 10.0 Å². The quantitative estimate of drug-likeness (QED) is 0.814. The normalized spacial score (nSPS) is 13.4. The molecule has 0 bridgehead atoms. The first-order valence-electron chi connectivity index (χ1n) is 5.18. The lowest BCUT2D eigenvalue weighted by Gasteiger charge is -2.14. The molecule has 0 heterocycles. The van der Waals surface area contributed by atoms with E-state index in [1.807, 2.05) is 0 Å². The van der Waals surface area contributed by atoms with Gasteiger partial charge in [0.05, 0.1) is 13.7 Å². The molecule has 17 heavy (non-hydrogen) atoms. The van der Waals surface area contributed by atoms with Gasteiger partial charge in [-0.3, -0.25) is 0 Å². The van der Waals surface area contributed by atoms with Crippen molar-refractivity contribution in [1.29, 1.82) is 0 Å². The number of aryl methyl sites for hydroxylation is 1. The van der Waals surface area contributed by atoms with Gasteiger partial charge in [-0.05, 0) is 31.5 Å². The number of benzene rings is 1. The molecule has 0 saturated heterocycles. The van der Waals surface area contributed by atoms with Crippen molar-refractivity contribution in [3.8, 4) is 5.75 Å². The largest absolute Gasteiger partial charge is 0.495 e. The van der Waals surface area contributed by atoms with Crippen molar-refractivity contribution >= 4 is 10.0 Å². The van der Waals surface area contributed by atoms with Gasteiger partial charge in [0.2, 0.25) is 10.0 Å². The van der Waals surface area contributed by atoms with Crippen molar-refractivity contribution in [2.75, 3.05) is 13.7 Å². The molecule has 0 aliphatic rings. The van der Waals surface area contributed by atoms with Gasteiger partial charge < -0.3 is 9.84 Å². The molecule has 1 unspecified atom stereocenters. The first kappa shape index (κ1) is 14.0. The first-order chi connectivity index (χ1) is 7.90. The molecule has 0 aromatic heterocycles. The van der Waals surface area contributed by atoms with Gasteiger partial charge >= 0.3 is 0 Å². The van der Waals surface area contributed by atoms with Gasteiger partial charge in [-0.15, -0.1) is 0 Å². The van der Waals surface area contributed by atoms with Crippen LogP contribution in [0.4, 0.5) is 0 Å². The molecule has 0 fully saturated rings. The summed E-state index contributed by atoms with van der Waals surface area (Å²) in [5.74, 6) is 0.285. The van der Waals surface area contributed by atoms with Crippen molar-refractivity contribution in [1.82, 2.24) is 4.72 Å². The van der Waals surface area contributed by atoms with E-state index in [9.17, 15) is 8.42 Å². The van der Waals surface area contributed by atoms with Crippen molar-refractivity contribution in [3.05, 3.63) is 23.8 Å². The zero-order valence-electron chi connectivity index (χ0n) is 10.1. The number of nitrogens with one attached hydrogen (secondary N) is 1. The minimum Gasteiger partial charge on any atom is -0.495 e. The van der Waals surface area contributed by atoms with E-state index < -0.39 is 16.1 Å². The lowest BCUT2D eigenvalue weighted by Crippen LogP contribution is -2.35. The van der Waals surface area contributed by atoms with Crippen molar-refractivity contribution in [2.45, 2.75) is 24.8 Å². The highest BCUT2D eigenvalue weighted by atomic mass is 32.2. The van der Waals surface area contributed by atoms with Crippen molar-refractivity contribution < 1.29 is 18.3 Å². The van der Waals surface area contributed by atoms with E-state index >= 15 is 0 Å². The lowest BCUT2D eigenvalue weighted by atomic mass is 10.2. The summed E-state index contributed by atoms with van der Waals surface area (Å²) in [6.07, 6.45) is 0. The Morgan fingerprint density at radius 2 is 2.12 bits per heavy atom. The Morgan fingerprint density at radius 1 is 1.47 bits per heavy atom. The van der Waals surface area contributed by atoms with Crippen LogP contribution in [0.15, 0.2) is 23.1 Å². The second-order valence-corrected chi connectivity index (χ2v) is 5.54. The monoisotopic (exact) mass is 259 g/mol. The van der Waals surface area contributed by atoms with Crippen LogP contribution >= 0.6 is 0 Å². The minimum absolute atomic E-state index is 0.0836. The summed E-state index contributed by atoms with van der Waals surface area (Å²) in [4.78, 5) is 0.0836. The second kappa shape index (κ2) is 5.48. The summed E-state index contributed by atoms with van der Waals surface area (Å²) < 4.78 is 31.4. The van der Waals surface area contributed by atoms with E-state index in [1.54, 1.807) is 26.0 Å². The zero-order valence-corrected chi connectivity index (χ0v) is 10.9. The highest BCUT2D eigenvalue weighted by Gasteiger charge is 2.21. The van der Waals surface area contributed by atoms with Crippen LogP contribution in [0.25, 0.3) is 0 Å². The highest BCUT2D eigenvalue weighted by Crippen LogP contribution is 2.24. The summed E-state index contributed by atoms with van der Waals surface area (Å²) in [7, 11) is -2.26. The highest BCUT2D eigenvalue weighted by molar-refractivity contribution is 7.89. The topological polar surface area (TPSA) is 75.6 Å². The zero-order chi connectivity index (χ0) is 13.1. The number of aliphatic hydroxyl groups is 1. The van der Waals surface area contributed by atoms with Gasteiger partial charge in [0.15, 0.2) is 0 Å². The number of sulfonamides is 1. The molecule has 1 rings (SSSR count). The van der Waals surface area contributed by atoms with Gasteiger partial charge in [0.1, 0.15) is 10.6 Å². The Labute approximate surface area is 101 Å². The van der Waals surface area contributed by atoms with Crippen LogP contribution in [0, 0.1) is 6.92 Å². The third-order valence-electron chi connectivity index (χ3n) is 2.24. The predicted molar refractivity (Wildman–Crippen MR) is 64.6 cm³/mol. The second-order valence-electron chi connectivity index (χ2n) is 3.86. The van der Waals surface area contributed by atoms with Crippen LogP contribution in [0.2, 0.25) is 0 Å². The standard InChI is InChI=1S/C11H17NO4S/c1-8-4-5-10(16-3)11(6-8)17(14,15)12-9(2)7-13/h4-6,9,12-13H,7H2,1-3H3. The molecular weight excluding hydrogens is 242 g/mol. The van der Waals surface area contributed by atoms with E-state index in [-0.39, 0.29) is 17.3 Å². The Kier molecular flexibility index (Phi) is 4.50. The summed E-state index contributed by atoms with van der Waals surface area (Å²) in [6.45, 7) is 3.13. The van der Waals surface area contributed by atoms with Gasteiger partial charge in [-0.25, -0.2) is 13.1 Å². The molecule has 0 aliphatic carbocycles. The maximum Gasteiger partial charge on any atom is 0.244 e. The number of rotatable bonds is 5. The average Bonchev–Trinajstić information content (AvgIpc) is 2.28. The molecular formula is C11H17NO4S. The van der Waals surface area contributed by atoms with E-state index in [0.717, 1.165) is 5.56 Å². The number of hydrogen-bond donors (Lipinski definition) is 2. The number of ether oxygens (including phenoxy) is 1. The fourth-order valence-electron chi connectivity index (χ4n) is 1.36. The molecule has 0 aliphatic heterocycles. The number of hydrogen-bond acceptors (Lipinski definition) is 4. The molecule has 1 aromatic rings. The SMILES string of the molecule is COc1ccc(C)cc1S(=O)(=O)NC(C)CO. The maximum absolute atomic E-state index is 12.0. The van der Waals surface area contributed by atoms with Crippen LogP contribution in [0.3, 0.4) is 0 Å². The third-order valence-corrected chi connectivity index (χ3v) is 3.85. The van der Waals surface area contributed by atoms with E-state index in [0.29, 0.717) is 0 Å². The van der Waals surface area contributed by atoms with Gasteiger partial charge in [0.25, 0.3) is 0 Å². The maximum atomic E-state index is 12.0. The molecule has 1 atom stereocenters. The first-order valence-corrected chi connectivity index (χ1v) is 6.67. The average molecular weight is 259 g/mol. The smallest absolute Gasteiger partial charge is 0.244 e. The van der Waals surface area contributed by atoms with Crippen molar-refractivity contribution in [2.24, 2.45) is 0 Å². The molecule has 96 valence electrons. The van der Waals surface area contributed by atoms with Crippen LogP contribution in [0.5, 0.6) is 5.75 Å². The van der Waals surface area contributed by atoms with Gasteiger partial charge in [0, 0.05) is 6.04 Å². The van der Waals surface area contributed by atoms with Crippen molar-refractivity contribution in [3.63, 3.8) is 0 Å². The number of aliphatic hydroxyl groups excluding tert-OH is 1. The Bertz CT molecular complexity index is 484. The molecule has 0 radical (unpaired) electrons. The van der Waals surface area contributed by atoms with E-state index in [1.165, 1.54) is 13.2 Å². The minimum atomic E-state index is -3.67. The predicted octanol–water partition coefficient (Wildman–Crippen LogP) is 0.663. The lowest BCUT2D eigenvalue weighted by molar-refractivity contribution is 0.265. The molecule has 0 amide bonds. The van der Waals surface area contributed by atoms with Gasteiger partial charge in [-0.2, -0.15) is 0 Å².